The monoisotopic (exact) mass is 312 g/mol. The Morgan fingerprint density at radius 1 is 1.23 bits per heavy atom. The lowest BCUT2D eigenvalue weighted by Gasteiger charge is -2.06. The fourth-order valence-corrected chi connectivity index (χ4v) is 2.97. The summed E-state index contributed by atoms with van der Waals surface area (Å²) < 4.78 is 0. The molecule has 3 rings (SSSR count). The highest BCUT2D eigenvalue weighted by molar-refractivity contribution is 7.99. The van der Waals surface area contributed by atoms with Crippen LogP contribution in [-0.4, -0.2) is 16.6 Å². The second kappa shape index (κ2) is 6.23. The summed E-state index contributed by atoms with van der Waals surface area (Å²) in [5.74, 6) is 0.346. The molecule has 5 heteroatoms. The quantitative estimate of drug-likeness (QED) is 0.726. The minimum Gasteiger partial charge on any atom is -0.325 e. The Kier molecular flexibility index (Phi) is 4.15. The zero-order valence-corrected chi connectivity index (χ0v) is 13.4. The van der Waals surface area contributed by atoms with Gasteiger partial charge in [0, 0.05) is 5.69 Å². The SMILES string of the molecule is Cc1ccc2[nH+]c(SCC(=O)Nc3ccccc3C)[nH]c2c1. The number of aromatic nitrogens is 2. The Morgan fingerprint density at radius 2 is 2.05 bits per heavy atom. The normalized spacial score (nSPS) is 10.8. The van der Waals surface area contributed by atoms with E-state index in [-0.39, 0.29) is 5.91 Å². The van der Waals surface area contributed by atoms with Gasteiger partial charge >= 0.3 is 5.16 Å². The lowest BCUT2D eigenvalue weighted by atomic mass is 10.2. The van der Waals surface area contributed by atoms with Crippen molar-refractivity contribution >= 4 is 34.4 Å². The molecule has 22 heavy (non-hydrogen) atoms. The van der Waals surface area contributed by atoms with Crippen molar-refractivity contribution < 1.29 is 9.78 Å². The number of carbonyl (C=O) groups excluding carboxylic acids is 1. The van der Waals surface area contributed by atoms with Crippen molar-refractivity contribution in [2.75, 3.05) is 11.1 Å². The fraction of sp³-hybridized carbons (Fsp3) is 0.176. The number of thioether (sulfide) groups is 1. The largest absolute Gasteiger partial charge is 0.325 e. The molecule has 0 bridgehead atoms. The van der Waals surface area contributed by atoms with Gasteiger partial charge in [-0.1, -0.05) is 24.3 Å². The number of anilines is 1. The molecule has 0 aliphatic carbocycles. The minimum atomic E-state index is -0.0115. The third-order valence-corrected chi connectivity index (χ3v) is 4.34. The molecular weight excluding hydrogens is 294 g/mol. The third kappa shape index (κ3) is 3.31. The van der Waals surface area contributed by atoms with Crippen LogP contribution in [-0.2, 0) is 4.79 Å². The summed E-state index contributed by atoms with van der Waals surface area (Å²) >= 11 is 1.46. The van der Waals surface area contributed by atoms with Gasteiger partial charge in [0.25, 0.3) is 0 Å². The van der Waals surface area contributed by atoms with Gasteiger partial charge in [0.2, 0.25) is 5.91 Å². The number of imidazole rings is 1. The van der Waals surface area contributed by atoms with Gasteiger partial charge in [0.15, 0.2) is 11.0 Å². The Balaban J connectivity index is 1.63. The van der Waals surface area contributed by atoms with Crippen LogP contribution < -0.4 is 10.3 Å². The molecule has 0 saturated heterocycles. The summed E-state index contributed by atoms with van der Waals surface area (Å²) in [6, 6.07) is 14.0. The number of nitrogens with one attached hydrogen (secondary N) is 3. The lowest BCUT2D eigenvalue weighted by molar-refractivity contribution is -0.396. The van der Waals surface area contributed by atoms with Crippen molar-refractivity contribution in [1.29, 1.82) is 0 Å². The molecule has 0 atom stereocenters. The van der Waals surface area contributed by atoms with Crippen LogP contribution in [0, 0.1) is 13.8 Å². The number of aromatic amines is 2. The molecule has 2 aromatic carbocycles. The van der Waals surface area contributed by atoms with Crippen LogP contribution in [0.2, 0.25) is 0 Å². The van der Waals surface area contributed by atoms with Crippen LogP contribution >= 0.6 is 11.8 Å². The average molecular weight is 312 g/mol. The number of aryl methyl sites for hydroxylation is 2. The summed E-state index contributed by atoms with van der Waals surface area (Å²) in [5, 5.41) is 3.83. The van der Waals surface area contributed by atoms with Crippen LogP contribution in [0.3, 0.4) is 0 Å². The number of H-pyrrole nitrogens is 2. The van der Waals surface area contributed by atoms with Crippen LogP contribution in [0.15, 0.2) is 47.6 Å². The van der Waals surface area contributed by atoms with E-state index in [0.29, 0.717) is 5.75 Å². The summed E-state index contributed by atoms with van der Waals surface area (Å²) in [6.45, 7) is 4.04. The zero-order chi connectivity index (χ0) is 15.5. The van der Waals surface area contributed by atoms with Crippen molar-refractivity contribution in [3.63, 3.8) is 0 Å². The van der Waals surface area contributed by atoms with E-state index in [1.54, 1.807) is 0 Å². The van der Waals surface area contributed by atoms with Crippen molar-refractivity contribution in [1.82, 2.24) is 4.98 Å². The number of rotatable bonds is 4. The first-order valence-electron chi connectivity index (χ1n) is 7.12. The molecule has 0 radical (unpaired) electrons. The molecule has 0 aliphatic rings. The number of amides is 1. The molecule has 0 fully saturated rings. The summed E-state index contributed by atoms with van der Waals surface area (Å²) in [6.07, 6.45) is 0. The van der Waals surface area contributed by atoms with Crippen LogP contribution in [0.1, 0.15) is 11.1 Å². The average Bonchev–Trinajstić information content (AvgIpc) is 2.89. The van der Waals surface area contributed by atoms with Crippen molar-refractivity contribution in [2.45, 2.75) is 19.0 Å². The summed E-state index contributed by atoms with van der Waals surface area (Å²) in [5.41, 5.74) is 5.24. The first kappa shape index (κ1) is 14.7. The van der Waals surface area contributed by atoms with E-state index in [2.05, 4.69) is 34.3 Å². The number of carbonyl (C=O) groups is 1. The van der Waals surface area contributed by atoms with Gasteiger partial charge in [0.1, 0.15) is 0 Å². The third-order valence-electron chi connectivity index (χ3n) is 3.44. The Hall–Kier alpha value is -2.27. The Labute approximate surface area is 133 Å². The van der Waals surface area contributed by atoms with E-state index in [0.717, 1.165) is 27.4 Å². The number of para-hydroxylation sites is 1. The fourth-order valence-electron chi connectivity index (χ4n) is 2.26. The van der Waals surface area contributed by atoms with Crippen LogP contribution in [0.25, 0.3) is 11.0 Å². The predicted octanol–water partition coefficient (Wildman–Crippen LogP) is 3.33. The highest BCUT2D eigenvalue weighted by Gasteiger charge is 2.13. The van der Waals surface area contributed by atoms with E-state index in [4.69, 9.17) is 0 Å². The second-order valence-electron chi connectivity index (χ2n) is 5.28. The molecule has 112 valence electrons. The van der Waals surface area contributed by atoms with E-state index >= 15 is 0 Å². The zero-order valence-electron chi connectivity index (χ0n) is 12.6. The maximum absolute atomic E-state index is 12.0. The molecule has 0 aliphatic heterocycles. The van der Waals surface area contributed by atoms with Gasteiger partial charge in [-0.3, -0.25) is 4.79 Å². The maximum atomic E-state index is 12.0. The van der Waals surface area contributed by atoms with Gasteiger partial charge < -0.3 is 5.32 Å². The van der Waals surface area contributed by atoms with Crippen molar-refractivity contribution in [3.05, 3.63) is 53.6 Å². The molecule has 0 unspecified atom stereocenters. The van der Waals surface area contributed by atoms with Crippen molar-refractivity contribution in [2.24, 2.45) is 0 Å². The number of hydrogen-bond donors (Lipinski definition) is 2. The molecule has 0 saturated carbocycles. The van der Waals surface area contributed by atoms with Gasteiger partial charge in [-0.05, 0) is 54.9 Å². The number of fused-ring (bicyclic) bond motifs is 1. The lowest BCUT2D eigenvalue weighted by Crippen LogP contribution is -2.15. The maximum Gasteiger partial charge on any atom is 0.315 e. The van der Waals surface area contributed by atoms with E-state index in [1.807, 2.05) is 37.3 Å². The molecule has 1 amide bonds. The van der Waals surface area contributed by atoms with Crippen LogP contribution in [0.4, 0.5) is 5.69 Å². The highest BCUT2D eigenvalue weighted by Crippen LogP contribution is 2.18. The van der Waals surface area contributed by atoms with Crippen LogP contribution in [0.5, 0.6) is 0 Å². The first-order chi connectivity index (χ1) is 10.6. The molecular formula is C17H18N3OS+. The molecule has 1 heterocycles. The first-order valence-corrected chi connectivity index (χ1v) is 8.10. The summed E-state index contributed by atoms with van der Waals surface area (Å²) in [4.78, 5) is 18.6. The van der Waals surface area contributed by atoms with E-state index in [1.165, 1.54) is 17.3 Å². The van der Waals surface area contributed by atoms with E-state index in [9.17, 15) is 4.79 Å². The number of benzene rings is 2. The Morgan fingerprint density at radius 3 is 2.86 bits per heavy atom. The smallest absolute Gasteiger partial charge is 0.315 e. The van der Waals surface area contributed by atoms with Gasteiger partial charge in [-0.25, -0.2) is 9.97 Å². The standard InChI is InChI=1S/C17H17N3OS/c1-11-7-8-14-15(9-11)20-17(19-14)22-10-16(21)18-13-6-4-3-5-12(13)2/h3-9H,10H2,1-2H3,(H,18,21)(H,19,20)/p+1. The minimum absolute atomic E-state index is 0.0115. The second-order valence-corrected chi connectivity index (χ2v) is 6.27. The topological polar surface area (TPSA) is 59.0 Å². The van der Waals surface area contributed by atoms with Gasteiger partial charge in [-0.2, -0.15) is 0 Å². The Bertz CT molecular complexity index is 826. The molecule has 1 aromatic heterocycles. The number of hydrogen-bond acceptors (Lipinski definition) is 2. The van der Waals surface area contributed by atoms with Gasteiger partial charge in [0.05, 0.1) is 5.75 Å². The summed E-state index contributed by atoms with van der Waals surface area (Å²) in [7, 11) is 0. The highest BCUT2D eigenvalue weighted by atomic mass is 32.2. The molecule has 0 spiro atoms. The predicted molar refractivity (Wildman–Crippen MR) is 90.1 cm³/mol. The van der Waals surface area contributed by atoms with E-state index < -0.39 is 0 Å². The molecule has 4 nitrogen and oxygen atoms in total. The molecule has 3 aromatic rings. The molecule has 3 N–H and O–H groups in total. The van der Waals surface area contributed by atoms with Crippen molar-refractivity contribution in [3.8, 4) is 0 Å². The van der Waals surface area contributed by atoms with Gasteiger partial charge in [-0.15, -0.1) is 0 Å².